The maximum Gasteiger partial charge on any atom is 0.243 e. The van der Waals surface area contributed by atoms with Crippen LogP contribution in [0.1, 0.15) is 12.8 Å². The summed E-state index contributed by atoms with van der Waals surface area (Å²) >= 11 is 0. The van der Waals surface area contributed by atoms with Crippen LogP contribution < -0.4 is 15.4 Å². The average molecular weight is 345 g/mol. The number of halogens is 1. The fraction of sp³-hybridized carbons (Fsp3) is 0.500. The monoisotopic (exact) mass is 345 g/mol. The van der Waals surface area contributed by atoms with Crippen LogP contribution in [-0.2, 0) is 19.6 Å². The van der Waals surface area contributed by atoms with Crippen LogP contribution in [0.2, 0.25) is 0 Å². The first kappa shape index (κ1) is 17.8. The molecule has 0 aromatic heterocycles. The fourth-order valence-corrected chi connectivity index (χ4v) is 3.26. The summed E-state index contributed by atoms with van der Waals surface area (Å²) in [7, 11) is -2.37. The number of amides is 1. The predicted octanol–water partition coefficient (Wildman–Crippen LogP) is 0.441. The summed E-state index contributed by atoms with van der Waals surface area (Å²) in [5.74, 6) is -1.21. The molecule has 0 unspecified atom stereocenters. The van der Waals surface area contributed by atoms with Crippen LogP contribution in [0.3, 0.4) is 0 Å². The zero-order valence-corrected chi connectivity index (χ0v) is 13.6. The Balaban J connectivity index is 2.00. The van der Waals surface area contributed by atoms with Crippen LogP contribution in [0.5, 0.6) is 0 Å². The number of nitrogens with one attached hydrogen (secondary N) is 3. The Hall–Kier alpha value is -1.55. The van der Waals surface area contributed by atoms with E-state index in [0.717, 1.165) is 25.0 Å². The molecule has 1 aliphatic carbocycles. The van der Waals surface area contributed by atoms with Crippen molar-refractivity contribution in [1.82, 2.24) is 10.0 Å². The van der Waals surface area contributed by atoms with Crippen molar-refractivity contribution in [2.24, 2.45) is 0 Å². The normalized spacial score (nSPS) is 14.7. The molecule has 3 N–H and O–H groups in total. The highest BCUT2D eigenvalue weighted by atomic mass is 32.2. The Kier molecular flexibility index (Phi) is 6.05. The van der Waals surface area contributed by atoms with Crippen molar-refractivity contribution in [1.29, 1.82) is 0 Å². The van der Waals surface area contributed by atoms with Crippen molar-refractivity contribution < 1.29 is 22.3 Å². The van der Waals surface area contributed by atoms with Crippen molar-refractivity contribution in [3.63, 3.8) is 0 Å². The van der Waals surface area contributed by atoms with E-state index < -0.39 is 20.7 Å². The number of anilines is 1. The zero-order valence-electron chi connectivity index (χ0n) is 12.8. The number of ether oxygens (including phenoxy) is 1. The Morgan fingerprint density at radius 3 is 2.78 bits per heavy atom. The summed E-state index contributed by atoms with van der Waals surface area (Å²) in [6.45, 7) is 1.03. The first-order valence-electron chi connectivity index (χ1n) is 7.24. The van der Waals surface area contributed by atoms with Gasteiger partial charge in [0.25, 0.3) is 0 Å². The maximum atomic E-state index is 13.8. The minimum absolute atomic E-state index is 0.0448. The van der Waals surface area contributed by atoms with Gasteiger partial charge >= 0.3 is 0 Å². The summed E-state index contributed by atoms with van der Waals surface area (Å²) < 4.78 is 45.2. The number of hydrogen-bond donors (Lipinski definition) is 3. The number of sulfonamides is 1. The first-order valence-corrected chi connectivity index (χ1v) is 8.72. The highest BCUT2D eigenvalue weighted by molar-refractivity contribution is 7.89. The van der Waals surface area contributed by atoms with Crippen molar-refractivity contribution in [2.45, 2.75) is 23.8 Å². The number of carbonyl (C=O) groups excluding carboxylic acids is 1. The standard InChI is InChI=1S/C14H20FN3O4S/c1-22-7-6-16-9-14(19)17-11-4-5-12(15)13(8-11)23(20,21)18-10-2-3-10/h4-5,8,10,16,18H,2-3,6-7,9H2,1H3,(H,17,19). The Labute approximate surface area is 134 Å². The summed E-state index contributed by atoms with van der Waals surface area (Å²) in [4.78, 5) is 11.3. The van der Waals surface area contributed by atoms with E-state index in [2.05, 4.69) is 15.4 Å². The van der Waals surface area contributed by atoms with Gasteiger partial charge in [-0.2, -0.15) is 0 Å². The zero-order chi connectivity index (χ0) is 16.9. The molecule has 128 valence electrons. The second-order valence-electron chi connectivity index (χ2n) is 5.26. The second-order valence-corrected chi connectivity index (χ2v) is 6.94. The fourth-order valence-electron chi connectivity index (χ4n) is 1.85. The predicted molar refractivity (Wildman–Crippen MR) is 83.1 cm³/mol. The van der Waals surface area contributed by atoms with Crippen LogP contribution in [0.25, 0.3) is 0 Å². The molecule has 0 atom stereocenters. The van der Waals surface area contributed by atoms with Gasteiger partial charge in [-0.3, -0.25) is 4.79 Å². The van der Waals surface area contributed by atoms with Gasteiger partial charge in [0.15, 0.2) is 0 Å². The van der Waals surface area contributed by atoms with Gasteiger partial charge in [-0.1, -0.05) is 0 Å². The van der Waals surface area contributed by atoms with Gasteiger partial charge in [-0.25, -0.2) is 17.5 Å². The molecule has 7 nitrogen and oxygen atoms in total. The molecule has 0 saturated heterocycles. The lowest BCUT2D eigenvalue weighted by Crippen LogP contribution is -2.30. The molecule has 0 bridgehead atoms. The quantitative estimate of drug-likeness (QED) is 0.565. The SMILES string of the molecule is COCCNCC(=O)Nc1ccc(F)c(S(=O)(=O)NC2CC2)c1. The lowest BCUT2D eigenvalue weighted by molar-refractivity contribution is -0.115. The summed E-state index contributed by atoms with van der Waals surface area (Å²) in [5, 5.41) is 5.38. The van der Waals surface area contributed by atoms with E-state index in [1.807, 2.05) is 0 Å². The van der Waals surface area contributed by atoms with Gasteiger partial charge in [0.05, 0.1) is 13.2 Å². The molecule has 0 spiro atoms. The van der Waals surface area contributed by atoms with E-state index in [0.29, 0.717) is 13.2 Å². The summed E-state index contributed by atoms with van der Waals surface area (Å²) in [6, 6.07) is 3.34. The minimum atomic E-state index is -3.92. The molecule has 1 fully saturated rings. The molecular weight excluding hydrogens is 325 g/mol. The highest BCUT2D eigenvalue weighted by Crippen LogP contribution is 2.25. The van der Waals surface area contributed by atoms with E-state index in [4.69, 9.17) is 4.74 Å². The van der Waals surface area contributed by atoms with Crippen LogP contribution in [-0.4, -0.2) is 47.2 Å². The molecule has 1 saturated carbocycles. The number of carbonyl (C=O) groups is 1. The molecule has 0 heterocycles. The van der Waals surface area contributed by atoms with Gasteiger partial charge < -0.3 is 15.4 Å². The lowest BCUT2D eigenvalue weighted by Gasteiger charge is -2.10. The van der Waals surface area contributed by atoms with Crippen LogP contribution in [0, 0.1) is 5.82 Å². The number of hydrogen-bond acceptors (Lipinski definition) is 5. The van der Waals surface area contributed by atoms with Gasteiger partial charge in [0.2, 0.25) is 15.9 Å². The van der Waals surface area contributed by atoms with E-state index in [1.54, 1.807) is 7.11 Å². The number of methoxy groups -OCH3 is 1. The third-order valence-corrected chi connectivity index (χ3v) is 4.71. The number of benzene rings is 1. The van der Waals surface area contributed by atoms with E-state index >= 15 is 0 Å². The van der Waals surface area contributed by atoms with E-state index in [9.17, 15) is 17.6 Å². The summed E-state index contributed by atoms with van der Waals surface area (Å²) in [6.07, 6.45) is 1.51. The maximum absolute atomic E-state index is 13.8. The molecule has 2 rings (SSSR count). The first-order chi connectivity index (χ1) is 10.9. The topological polar surface area (TPSA) is 96.5 Å². The van der Waals surface area contributed by atoms with Crippen molar-refractivity contribution in [3.05, 3.63) is 24.0 Å². The third kappa shape index (κ3) is 5.54. The van der Waals surface area contributed by atoms with Crippen molar-refractivity contribution >= 4 is 21.6 Å². The average Bonchev–Trinajstić information content (AvgIpc) is 3.29. The largest absolute Gasteiger partial charge is 0.383 e. The number of rotatable bonds is 9. The van der Waals surface area contributed by atoms with Crippen molar-refractivity contribution in [2.75, 3.05) is 32.1 Å². The Morgan fingerprint density at radius 1 is 1.39 bits per heavy atom. The van der Waals surface area contributed by atoms with Crippen molar-refractivity contribution in [3.8, 4) is 0 Å². The Bertz CT molecular complexity index is 662. The van der Waals surface area contributed by atoms with Gasteiger partial charge in [-0.15, -0.1) is 0 Å². The molecule has 23 heavy (non-hydrogen) atoms. The highest BCUT2D eigenvalue weighted by Gasteiger charge is 2.29. The smallest absolute Gasteiger partial charge is 0.243 e. The van der Waals surface area contributed by atoms with Crippen LogP contribution in [0.15, 0.2) is 23.1 Å². The third-order valence-electron chi connectivity index (χ3n) is 3.17. The van der Waals surface area contributed by atoms with Gasteiger partial charge in [0.1, 0.15) is 10.7 Å². The Morgan fingerprint density at radius 2 is 2.13 bits per heavy atom. The molecule has 9 heteroatoms. The molecule has 1 amide bonds. The lowest BCUT2D eigenvalue weighted by atomic mass is 10.3. The molecule has 1 aliphatic rings. The molecule has 0 aliphatic heterocycles. The molecule has 0 radical (unpaired) electrons. The molecular formula is C14H20FN3O4S. The van der Waals surface area contributed by atoms with Crippen LogP contribution >= 0.6 is 0 Å². The van der Waals surface area contributed by atoms with E-state index in [-0.39, 0.29) is 24.2 Å². The van der Waals surface area contributed by atoms with Gasteiger partial charge in [0, 0.05) is 25.4 Å². The minimum Gasteiger partial charge on any atom is -0.383 e. The van der Waals surface area contributed by atoms with Crippen LogP contribution in [0.4, 0.5) is 10.1 Å². The van der Waals surface area contributed by atoms with E-state index in [1.165, 1.54) is 6.07 Å². The second kappa shape index (κ2) is 7.82. The molecule has 1 aromatic rings. The van der Waals surface area contributed by atoms with Gasteiger partial charge in [-0.05, 0) is 31.0 Å². The summed E-state index contributed by atoms with van der Waals surface area (Å²) in [5.41, 5.74) is 0.223. The molecule has 1 aromatic carbocycles.